The van der Waals surface area contributed by atoms with Gasteiger partial charge in [-0.1, -0.05) is 36.4 Å². The molecule has 2 rings (SSSR count). The number of ether oxygens (including phenoxy) is 2. The van der Waals surface area contributed by atoms with Crippen LogP contribution in [0.5, 0.6) is 11.5 Å². The quantitative estimate of drug-likeness (QED) is 0.331. The third-order valence-electron chi connectivity index (χ3n) is 1.96. The van der Waals surface area contributed by atoms with Crippen LogP contribution < -0.4 is 9.47 Å². The van der Waals surface area contributed by atoms with Gasteiger partial charge in [0.15, 0.2) is 0 Å². The minimum Gasteiger partial charge on any atom is -0.497 e. The van der Waals surface area contributed by atoms with E-state index in [9.17, 15) is 0 Å². The summed E-state index contributed by atoms with van der Waals surface area (Å²) in [4.78, 5) is 45.3. The molecule has 2 aromatic rings. The maximum atomic E-state index is 7.56. The van der Waals surface area contributed by atoms with Gasteiger partial charge >= 0.3 is 13.4 Å². The van der Waals surface area contributed by atoms with Crippen molar-refractivity contribution in [2.45, 2.75) is 0 Å². The van der Waals surface area contributed by atoms with E-state index < -0.39 is 13.4 Å². The molecule has 8 nitrogen and oxygen atoms in total. The van der Waals surface area contributed by atoms with Crippen molar-refractivity contribution in [1.82, 2.24) is 0 Å². The van der Waals surface area contributed by atoms with Crippen molar-refractivity contribution in [2.75, 3.05) is 14.2 Å². The number of rotatable bonds is 2. The predicted molar refractivity (Wildman–Crippen MR) is 129 cm³/mol. The highest BCUT2D eigenvalue weighted by atomic mass is 32.5. The van der Waals surface area contributed by atoms with E-state index in [4.69, 9.17) is 38.8 Å². The first-order valence-electron chi connectivity index (χ1n) is 6.61. The van der Waals surface area contributed by atoms with Crippen LogP contribution in [-0.2, 0) is 23.6 Å². The molecular weight excluding hydrogens is 486 g/mol. The standard InChI is InChI=1S/2C7H8O.2H3O3PS.2H2S/c2*1-8-7-5-3-2-4-6-7;2*1-4(2,3)5;;/h2*2-6H,1H3;2*(H3,1,2,3,5);2*1H2. The van der Waals surface area contributed by atoms with E-state index in [2.05, 4.69) is 23.6 Å². The highest BCUT2D eigenvalue weighted by molar-refractivity contribution is 8.06. The Labute approximate surface area is 188 Å². The van der Waals surface area contributed by atoms with Crippen molar-refractivity contribution >= 4 is 64.0 Å². The van der Waals surface area contributed by atoms with Gasteiger partial charge in [-0.15, -0.1) is 0 Å². The van der Waals surface area contributed by atoms with Crippen LogP contribution in [0.15, 0.2) is 60.7 Å². The summed E-state index contributed by atoms with van der Waals surface area (Å²) in [5.41, 5.74) is 0. The summed E-state index contributed by atoms with van der Waals surface area (Å²) in [5.74, 6) is 1.82. The van der Waals surface area contributed by atoms with Crippen molar-refractivity contribution in [3.63, 3.8) is 0 Å². The van der Waals surface area contributed by atoms with Crippen molar-refractivity contribution < 1.29 is 38.8 Å². The van der Waals surface area contributed by atoms with E-state index in [0.717, 1.165) is 11.5 Å². The lowest BCUT2D eigenvalue weighted by Crippen LogP contribution is -1.78. The lowest BCUT2D eigenvalue weighted by atomic mass is 10.3. The summed E-state index contributed by atoms with van der Waals surface area (Å²) in [7, 11) is 3.32. The summed E-state index contributed by atoms with van der Waals surface area (Å²) in [6.07, 6.45) is 0. The SMILES string of the molecule is COc1ccccc1.COc1ccccc1.OP(O)(O)=S.OP(O)(O)=S.S.S. The second-order valence-electron chi connectivity index (χ2n) is 4.06. The molecule has 0 aliphatic rings. The Kier molecular flexibility index (Phi) is 25.3. The molecule has 0 unspecified atom stereocenters. The molecule has 0 bridgehead atoms. The number of benzene rings is 2. The minimum absolute atomic E-state index is 0. The summed E-state index contributed by atoms with van der Waals surface area (Å²) in [5, 5.41) is 0. The third kappa shape index (κ3) is 40.5. The van der Waals surface area contributed by atoms with Gasteiger partial charge in [-0.3, -0.25) is 0 Å². The molecule has 0 atom stereocenters. The van der Waals surface area contributed by atoms with Crippen molar-refractivity contribution in [2.24, 2.45) is 0 Å². The van der Waals surface area contributed by atoms with Crippen LogP contribution in [0.2, 0.25) is 0 Å². The Morgan fingerprint density at radius 1 is 0.571 bits per heavy atom. The number of hydrogen-bond donors (Lipinski definition) is 6. The first kappa shape index (κ1) is 35.3. The van der Waals surface area contributed by atoms with Gasteiger partial charge in [0.05, 0.1) is 14.2 Å². The zero-order chi connectivity index (χ0) is 20.6. The Balaban J connectivity index is -0.000000138. The van der Waals surface area contributed by atoms with Crippen LogP contribution >= 0.6 is 40.4 Å². The highest BCUT2D eigenvalue weighted by Crippen LogP contribution is 2.26. The van der Waals surface area contributed by atoms with Crippen LogP contribution in [0.1, 0.15) is 0 Å². The third-order valence-corrected chi connectivity index (χ3v) is 1.96. The van der Waals surface area contributed by atoms with Crippen LogP contribution in [0, 0.1) is 0 Å². The van der Waals surface area contributed by atoms with Gasteiger partial charge in [0.1, 0.15) is 11.5 Å². The Bertz CT molecular complexity index is 592. The first-order chi connectivity index (χ1) is 11.9. The molecule has 2 aromatic carbocycles. The average Bonchev–Trinajstić information content (AvgIpc) is 2.54. The van der Waals surface area contributed by atoms with Gasteiger partial charge in [0, 0.05) is 0 Å². The summed E-state index contributed by atoms with van der Waals surface area (Å²) >= 11 is 7.21. The van der Waals surface area contributed by atoms with E-state index in [0.29, 0.717) is 0 Å². The smallest absolute Gasteiger partial charge is 0.319 e. The molecule has 0 fully saturated rings. The Hall–Kier alpha value is -0.200. The molecule has 0 spiro atoms. The van der Waals surface area contributed by atoms with Crippen molar-refractivity contribution in [1.29, 1.82) is 0 Å². The van der Waals surface area contributed by atoms with Crippen LogP contribution in [0.3, 0.4) is 0 Å². The van der Waals surface area contributed by atoms with Gasteiger partial charge in [0.25, 0.3) is 0 Å². The number of methoxy groups -OCH3 is 2. The van der Waals surface area contributed by atoms with Crippen molar-refractivity contribution in [3.05, 3.63) is 60.7 Å². The zero-order valence-electron chi connectivity index (χ0n) is 15.0. The largest absolute Gasteiger partial charge is 0.497 e. The second-order valence-corrected chi connectivity index (χ2v) is 9.05. The molecule has 0 heterocycles. The summed E-state index contributed by atoms with van der Waals surface area (Å²) < 4.78 is 9.83. The van der Waals surface area contributed by atoms with Gasteiger partial charge < -0.3 is 38.8 Å². The van der Waals surface area contributed by atoms with Crippen molar-refractivity contribution in [3.8, 4) is 11.5 Å². The topological polar surface area (TPSA) is 140 Å². The maximum absolute atomic E-state index is 7.56. The first-order valence-corrected chi connectivity index (χ1v) is 11.9. The van der Waals surface area contributed by atoms with Crippen LogP contribution in [-0.4, -0.2) is 43.6 Å². The van der Waals surface area contributed by atoms with E-state index in [1.165, 1.54) is 0 Å². The summed E-state index contributed by atoms with van der Waals surface area (Å²) in [6.45, 7) is -7.61. The Morgan fingerprint density at radius 2 is 0.750 bits per heavy atom. The fourth-order valence-electron chi connectivity index (χ4n) is 1.11. The zero-order valence-corrected chi connectivity index (χ0v) is 20.4. The van der Waals surface area contributed by atoms with Crippen LogP contribution in [0.4, 0.5) is 0 Å². The van der Waals surface area contributed by atoms with Crippen LogP contribution in [0.25, 0.3) is 0 Å². The molecule has 0 aliphatic carbocycles. The fraction of sp³-hybridized carbons (Fsp3) is 0.143. The monoisotopic (exact) mass is 512 g/mol. The summed E-state index contributed by atoms with van der Waals surface area (Å²) in [6, 6.07) is 19.4. The predicted octanol–water partition coefficient (Wildman–Crippen LogP) is 1.99. The molecule has 0 aliphatic heterocycles. The highest BCUT2D eigenvalue weighted by Gasteiger charge is 1.92. The van der Waals surface area contributed by atoms with Gasteiger partial charge in [-0.2, -0.15) is 27.0 Å². The molecule has 28 heavy (non-hydrogen) atoms. The minimum atomic E-state index is -3.81. The number of hydrogen-bond acceptors (Lipinski definition) is 4. The molecule has 14 heteroatoms. The molecule has 0 amide bonds. The average molecular weight is 513 g/mol. The van der Waals surface area contributed by atoms with E-state index in [-0.39, 0.29) is 27.0 Å². The van der Waals surface area contributed by atoms with E-state index in [1.54, 1.807) is 14.2 Å². The second kappa shape index (κ2) is 20.1. The lowest BCUT2D eigenvalue weighted by Gasteiger charge is -1.93. The molecule has 0 radical (unpaired) electrons. The molecule has 0 saturated carbocycles. The van der Waals surface area contributed by atoms with Gasteiger partial charge in [-0.25, -0.2) is 0 Å². The molecule has 164 valence electrons. The maximum Gasteiger partial charge on any atom is 0.319 e. The molecule has 0 saturated heterocycles. The van der Waals surface area contributed by atoms with E-state index >= 15 is 0 Å². The molecular formula is C14H26O8P2S4. The van der Waals surface area contributed by atoms with Gasteiger partial charge in [-0.05, 0) is 47.9 Å². The number of para-hydroxylation sites is 2. The molecule has 6 N–H and O–H groups in total. The lowest BCUT2D eigenvalue weighted by molar-refractivity contribution is 0.361. The van der Waals surface area contributed by atoms with E-state index in [1.807, 2.05) is 60.7 Å². The molecule has 0 aromatic heterocycles. The Morgan fingerprint density at radius 3 is 0.857 bits per heavy atom. The fourth-order valence-corrected chi connectivity index (χ4v) is 1.11. The van der Waals surface area contributed by atoms with Gasteiger partial charge in [0.2, 0.25) is 0 Å². The normalized spacial score (nSPS) is 9.14.